The number of hydrogen-bond acceptors (Lipinski definition) is 2. The van der Waals surface area contributed by atoms with E-state index in [0.717, 1.165) is 11.0 Å². The minimum atomic E-state index is 0.899. The van der Waals surface area contributed by atoms with Gasteiger partial charge in [-0.05, 0) is 24.3 Å². The minimum absolute atomic E-state index is 0.899. The lowest BCUT2D eigenvalue weighted by Crippen LogP contribution is -1.95. The summed E-state index contributed by atoms with van der Waals surface area (Å²) in [5.74, 6) is 0. The predicted molar refractivity (Wildman–Crippen MR) is 70.9 cm³/mol. The van der Waals surface area contributed by atoms with Crippen LogP contribution in [-0.2, 0) is 6.54 Å². The van der Waals surface area contributed by atoms with Crippen LogP contribution in [0.2, 0.25) is 0 Å². The molecule has 4 heteroatoms. The summed E-state index contributed by atoms with van der Waals surface area (Å²) in [6.07, 6.45) is 4.05. The zero-order chi connectivity index (χ0) is 11.0. The van der Waals surface area contributed by atoms with Crippen LogP contribution in [0.3, 0.4) is 0 Å². The summed E-state index contributed by atoms with van der Waals surface area (Å²) in [4.78, 5) is 5.37. The van der Waals surface area contributed by atoms with E-state index in [1.165, 1.54) is 15.8 Å². The molecular weight excluding hydrogens is 284 g/mol. The van der Waals surface area contributed by atoms with E-state index in [1.807, 2.05) is 11.7 Å². The van der Waals surface area contributed by atoms with Crippen LogP contribution in [0.5, 0.6) is 0 Å². The highest BCUT2D eigenvalue weighted by Crippen LogP contribution is 2.22. The Bertz CT molecular complexity index is 613. The van der Waals surface area contributed by atoms with Crippen LogP contribution in [-0.4, -0.2) is 9.55 Å². The van der Waals surface area contributed by atoms with Crippen molar-refractivity contribution < 1.29 is 0 Å². The van der Waals surface area contributed by atoms with Crippen LogP contribution < -0.4 is 0 Å². The second-order valence-corrected chi connectivity index (χ2v) is 5.50. The van der Waals surface area contributed by atoms with Gasteiger partial charge in [0, 0.05) is 32.6 Å². The zero-order valence-corrected chi connectivity index (χ0v) is 10.8. The molecule has 0 fully saturated rings. The molecule has 0 saturated carbocycles. The third-order valence-electron chi connectivity index (χ3n) is 2.54. The lowest BCUT2D eigenvalue weighted by Gasteiger charge is -2.02. The van der Waals surface area contributed by atoms with E-state index in [1.54, 1.807) is 11.3 Å². The van der Waals surface area contributed by atoms with Gasteiger partial charge in [0.1, 0.15) is 0 Å². The number of nitrogens with zero attached hydrogens (tertiary/aromatic N) is 2. The van der Waals surface area contributed by atoms with E-state index in [4.69, 9.17) is 0 Å². The van der Waals surface area contributed by atoms with Crippen LogP contribution >= 0.6 is 27.3 Å². The molecule has 0 aliphatic carbocycles. The summed E-state index contributed by atoms with van der Waals surface area (Å²) in [5, 5.41) is 1.26. The lowest BCUT2D eigenvalue weighted by molar-refractivity contribution is 0.849. The highest BCUT2D eigenvalue weighted by Gasteiger charge is 2.02. The summed E-state index contributed by atoms with van der Waals surface area (Å²) < 4.78 is 3.37. The summed E-state index contributed by atoms with van der Waals surface area (Å²) in [6, 6.07) is 8.49. The van der Waals surface area contributed by atoms with Crippen molar-refractivity contribution >= 4 is 38.2 Å². The van der Waals surface area contributed by atoms with Gasteiger partial charge in [0.05, 0.1) is 12.1 Å². The number of hydrogen-bond donors (Lipinski definition) is 0. The van der Waals surface area contributed by atoms with Crippen molar-refractivity contribution in [3.05, 3.63) is 51.5 Å². The smallest absolute Gasteiger partial charge is 0.0794 e. The first-order chi connectivity index (χ1) is 7.83. The number of thiazole rings is 1. The molecule has 16 heavy (non-hydrogen) atoms. The van der Waals surface area contributed by atoms with Crippen molar-refractivity contribution in [1.29, 1.82) is 0 Å². The Morgan fingerprint density at radius 1 is 1.31 bits per heavy atom. The first-order valence-electron chi connectivity index (χ1n) is 4.95. The molecule has 2 heterocycles. The zero-order valence-electron chi connectivity index (χ0n) is 8.43. The van der Waals surface area contributed by atoms with E-state index >= 15 is 0 Å². The van der Waals surface area contributed by atoms with Gasteiger partial charge in [-0.25, -0.2) is 0 Å². The van der Waals surface area contributed by atoms with Gasteiger partial charge in [0.15, 0.2) is 0 Å². The van der Waals surface area contributed by atoms with Gasteiger partial charge in [-0.3, -0.25) is 4.98 Å². The Morgan fingerprint density at radius 2 is 2.25 bits per heavy atom. The molecule has 0 spiro atoms. The molecular formula is C12H9BrN2S. The maximum atomic E-state index is 4.09. The molecule has 0 saturated heterocycles. The van der Waals surface area contributed by atoms with Gasteiger partial charge in [-0.2, -0.15) is 0 Å². The van der Waals surface area contributed by atoms with E-state index in [-0.39, 0.29) is 0 Å². The van der Waals surface area contributed by atoms with Crippen molar-refractivity contribution in [1.82, 2.24) is 9.55 Å². The Balaban J connectivity index is 2.04. The maximum Gasteiger partial charge on any atom is 0.0794 e. The maximum absolute atomic E-state index is 4.09. The third kappa shape index (κ3) is 1.79. The lowest BCUT2D eigenvalue weighted by atomic mass is 10.2. The van der Waals surface area contributed by atoms with Crippen LogP contribution in [0.25, 0.3) is 10.9 Å². The van der Waals surface area contributed by atoms with Crippen LogP contribution in [0, 0.1) is 0 Å². The fraction of sp³-hybridized carbons (Fsp3) is 0.0833. The van der Waals surface area contributed by atoms with E-state index in [0.29, 0.717) is 0 Å². The molecule has 0 unspecified atom stereocenters. The molecule has 0 aliphatic heterocycles. The molecule has 0 bridgehead atoms. The highest BCUT2D eigenvalue weighted by atomic mass is 79.9. The van der Waals surface area contributed by atoms with Crippen molar-refractivity contribution in [2.75, 3.05) is 0 Å². The number of fused-ring (bicyclic) bond motifs is 1. The topological polar surface area (TPSA) is 17.8 Å². The average molecular weight is 293 g/mol. The van der Waals surface area contributed by atoms with Crippen LogP contribution in [0.15, 0.2) is 46.6 Å². The molecule has 2 nitrogen and oxygen atoms in total. The first kappa shape index (κ1) is 10.1. The van der Waals surface area contributed by atoms with Gasteiger partial charge < -0.3 is 4.57 Å². The summed E-state index contributed by atoms with van der Waals surface area (Å²) in [7, 11) is 0. The van der Waals surface area contributed by atoms with Gasteiger partial charge in [0.25, 0.3) is 0 Å². The molecule has 0 aliphatic rings. The second-order valence-electron chi connectivity index (χ2n) is 3.61. The van der Waals surface area contributed by atoms with E-state index in [9.17, 15) is 0 Å². The fourth-order valence-corrected chi connectivity index (χ4v) is 2.77. The summed E-state index contributed by atoms with van der Waals surface area (Å²) in [5.41, 5.74) is 3.13. The molecule has 80 valence electrons. The van der Waals surface area contributed by atoms with E-state index < -0.39 is 0 Å². The fourth-order valence-electron chi connectivity index (χ4n) is 1.80. The number of benzene rings is 1. The molecule has 0 atom stereocenters. The SMILES string of the molecule is Brc1ccc2c(ccn2Cc2cncs2)c1. The average Bonchev–Trinajstić information content (AvgIpc) is 2.89. The molecule has 3 rings (SSSR count). The monoisotopic (exact) mass is 292 g/mol. The molecule has 0 N–H and O–H groups in total. The van der Waals surface area contributed by atoms with Gasteiger partial charge in [0.2, 0.25) is 0 Å². The van der Waals surface area contributed by atoms with Gasteiger partial charge in [-0.1, -0.05) is 15.9 Å². The number of halogens is 1. The Kier molecular flexibility index (Phi) is 2.53. The third-order valence-corrected chi connectivity index (χ3v) is 3.80. The summed E-state index contributed by atoms with van der Waals surface area (Å²) >= 11 is 5.18. The quantitative estimate of drug-likeness (QED) is 0.700. The molecule has 0 radical (unpaired) electrons. The molecule has 3 aromatic rings. The standard InChI is InChI=1S/C12H9BrN2S/c13-10-1-2-12-9(5-10)3-4-15(12)7-11-6-14-8-16-11/h1-6,8H,7H2. The Morgan fingerprint density at radius 3 is 3.06 bits per heavy atom. The van der Waals surface area contributed by atoms with Gasteiger partial charge >= 0.3 is 0 Å². The van der Waals surface area contributed by atoms with Crippen molar-refractivity contribution in [3.63, 3.8) is 0 Å². The number of rotatable bonds is 2. The highest BCUT2D eigenvalue weighted by molar-refractivity contribution is 9.10. The molecule has 2 aromatic heterocycles. The van der Waals surface area contributed by atoms with Crippen LogP contribution in [0.1, 0.15) is 4.88 Å². The van der Waals surface area contributed by atoms with Gasteiger partial charge in [-0.15, -0.1) is 11.3 Å². The first-order valence-corrected chi connectivity index (χ1v) is 6.62. The van der Waals surface area contributed by atoms with Crippen LogP contribution in [0.4, 0.5) is 0 Å². The second kappa shape index (κ2) is 4.03. The van der Waals surface area contributed by atoms with Crippen molar-refractivity contribution in [2.24, 2.45) is 0 Å². The molecule has 0 amide bonds. The normalized spacial score (nSPS) is 11.1. The Hall–Kier alpha value is -1.13. The van der Waals surface area contributed by atoms with E-state index in [2.05, 4.69) is 55.9 Å². The minimum Gasteiger partial charge on any atom is -0.342 e. The largest absolute Gasteiger partial charge is 0.342 e. The van der Waals surface area contributed by atoms with Crippen molar-refractivity contribution in [2.45, 2.75) is 6.54 Å². The Labute approximate surface area is 106 Å². The van der Waals surface area contributed by atoms with Crippen molar-refractivity contribution in [3.8, 4) is 0 Å². The molecule has 1 aromatic carbocycles. The number of aromatic nitrogens is 2. The summed E-state index contributed by atoms with van der Waals surface area (Å²) in [6.45, 7) is 0.899. The predicted octanol–water partition coefficient (Wildman–Crippen LogP) is 3.91.